The zero-order valence-corrected chi connectivity index (χ0v) is 15.8. The van der Waals surface area contributed by atoms with Crippen LogP contribution in [0.4, 0.5) is 0 Å². The zero-order chi connectivity index (χ0) is 19.1. The van der Waals surface area contributed by atoms with Gasteiger partial charge < -0.3 is 19.8 Å². The largest absolute Gasteiger partial charge is 0.460 e. The van der Waals surface area contributed by atoms with Crippen molar-refractivity contribution < 1.29 is 19.1 Å². The number of esters is 1. The number of ether oxygens (including phenoxy) is 2. The topological polar surface area (TPSA) is 80.4 Å². The van der Waals surface area contributed by atoms with Crippen molar-refractivity contribution in [3.63, 3.8) is 0 Å². The molecule has 0 aliphatic heterocycles. The molecule has 0 radical (unpaired) electrons. The number of rotatable bonds is 8. The summed E-state index contributed by atoms with van der Waals surface area (Å²) in [7, 11) is 1.54. The van der Waals surface area contributed by atoms with E-state index in [-0.39, 0.29) is 12.5 Å². The maximum atomic E-state index is 12.5. The van der Waals surface area contributed by atoms with Crippen LogP contribution in [0.1, 0.15) is 43.2 Å². The van der Waals surface area contributed by atoms with E-state index in [1.807, 2.05) is 25.1 Å². The molecule has 0 aliphatic rings. The van der Waals surface area contributed by atoms with Gasteiger partial charge >= 0.3 is 5.97 Å². The van der Waals surface area contributed by atoms with E-state index in [2.05, 4.69) is 16.4 Å². The predicted molar refractivity (Wildman–Crippen MR) is 99.6 cm³/mol. The Morgan fingerprint density at radius 3 is 2.62 bits per heavy atom. The lowest BCUT2D eigenvalue weighted by molar-refractivity contribution is 0.0387. The van der Waals surface area contributed by atoms with Gasteiger partial charge in [-0.05, 0) is 38.3 Å². The molecule has 1 amide bonds. The van der Waals surface area contributed by atoms with Crippen LogP contribution in [-0.4, -0.2) is 43.7 Å². The van der Waals surface area contributed by atoms with Crippen molar-refractivity contribution in [2.24, 2.45) is 0 Å². The van der Waals surface area contributed by atoms with Gasteiger partial charge in [-0.15, -0.1) is 0 Å². The monoisotopic (exact) mass is 358 g/mol. The Kier molecular flexibility index (Phi) is 6.97. The SMILES string of the molecule is COCCOC(=O)c1c(C)[nH]c(C(=O)NCCc2cccc(C)c2)c1C. The highest BCUT2D eigenvalue weighted by atomic mass is 16.6. The summed E-state index contributed by atoms with van der Waals surface area (Å²) in [5.74, 6) is -0.679. The molecule has 0 unspecified atom stereocenters. The van der Waals surface area contributed by atoms with E-state index in [1.54, 1.807) is 21.0 Å². The number of aromatic nitrogens is 1. The first kappa shape index (κ1) is 19.7. The second-order valence-corrected chi connectivity index (χ2v) is 6.25. The molecule has 1 heterocycles. The van der Waals surface area contributed by atoms with Gasteiger partial charge in [0.05, 0.1) is 12.2 Å². The second kappa shape index (κ2) is 9.20. The van der Waals surface area contributed by atoms with Crippen molar-refractivity contribution in [2.75, 3.05) is 26.9 Å². The van der Waals surface area contributed by atoms with Gasteiger partial charge in [-0.2, -0.15) is 0 Å². The number of nitrogens with one attached hydrogen (secondary N) is 2. The van der Waals surface area contributed by atoms with E-state index < -0.39 is 5.97 Å². The maximum Gasteiger partial charge on any atom is 0.340 e. The molecule has 2 aromatic rings. The number of aryl methyl sites for hydroxylation is 2. The van der Waals surface area contributed by atoms with E-state index in [1.165, 1.54) is 11.1 Å². The Balaban J connectivity index is 1.98. The van der Waals surface area contributed by atoms with E-state index in [9.17, 15) is 9.59 Å². The first-order valence-corrected chi connectivity index (χ1v) is 8.63. The number of aromatic amines is 1. The van der Waals surface area contributed by atoms with Gasteiger partial charge in [0.1, 0.15) is 12.3 Å². The number of carbonyl (C=O) groups excluding carboxylic acids is 2. The summed E-state index contributed by atoms with van der Waals surface area (Å²) in [5, 5.41) is 2.90. The third-order valence-corrected chi connectivity index (χ3v) is 4.17. The normalized spacial score (nSPS) is 10.6. The fourth-order valence-electron chi connectivity index (χ4n) is 2.85. The molecule has 0 atom stereocenters. The average Bonchev–Trinajstić information content (AvgIpc) is 2.89. The van der Waals surface area contributed by atoms with Crippen molar-refractivity contribution in [1.29, 1.82) is 0 Å². The predicted octanol–water partition coefficient (Wildman–Crippen LogP) is 2.72. The van der Waals surface area contributed by atoms with Crippen LogP contribution in [0.2, 0.25) is 0 Å². The van der Waals surface area contributed by atoms with Gasteiger partial charge in [-0.25, -0.2) is 4.79 Å². The molecular weight excluding hydrogens is 332 g/mol. The molecule has 1 aromatic carbocycles. The van der Waals surface area contributed by atoms with E-state index in [0.717, 1.165) is 6.42 Å². The third-order valence-electron chi connectivity index (χ3n) is 4.17. The van der Waals surface area contributed by atoms with Crippen LogP contribution in [0.25, 0.3) is 0 Å². The number of methoxy groups -OCH3 is 1. The van der Waals surface area contributed by atoms with Crippen molar-refractivity contribution in [1.82, 2.24) is 10.3 Å². The molecule has 0 saturated heterocycles. The Hall–Kier alpha value is -2.60. The molecule has 140 valence electrons. The second-order valence-electron chi connectivity index (χ2n) is 6.25. The Morgan fingerprint density at radius 1 is 1.15 bits per heavy atom. The van der Waals surface area contributed by atoms with Gasteiger partial charge in [0.25, 0.3) is 5.91 Å². The number of H-pyrrole nitrogens is 1. The molecule has 2 N–H and O–H groups in total. The van der Waals surface area contributed by atoms with E-state index in [4.69, 9.17) is 9.47 Å². The minimum absolute atomic E-state index is 0.178. The van der Waals surface area contributed by atoms with E-state index >= 15 is 0 Å². The van der Waals surface area contributed by atoms with Crippen molar-refractivity contribution in [2.45, 2.75) is 27.2 Å². The number of amides is 1. The van der Waals surface area contributed by atoms with Crippen molar-refractivity contribution in [3.8, 4) is 0 Å². The minimum Gasteiger partial charge on any atom is -0.460 e. The lowest BCUT2D eigenvalue weighted by atomic mass is 10.1. The van der Waals surface area contributed by atoms with Crippen LogP contribution in [0.5, 0.6) is 0 Å². The van der Waals surface area contributed by atoms with Gasteiger partial charge in [0.15, 0.2) is 0 Å². The summed E-state index contributed by atoms with van der Waals surface area (Å²) < 4.78 is 10.0. The van der Waals surface area contributed by atoms with Gasteiger partial charge in [0.2, 0.25) is 0 Å². The Morgan fingerprint density at radius 2 is 1.92 bits per heavy atom. The zero-order valence-electron chi connectivity index (χ0n) is 15.8. The molecule has 1 aromatic heterocycles. The molecule has 0 spiro atoms. The average molecular weight is 358 g/mol. The Bertz CT molecular complexity index is 780. The third kappa shape index (κ3) is 4.95. The lowest BCUT2D eigenvalue weighted by Crippen LogP contribution is -2.26. The highest BCUT2D eigenvalue weighted by molar-refractivity contribution is 6.00. The Labute approximate surface area is 153 Å². The first-order valence-electron chi connectivity index (χ1n) is 8.63. The fourth-order valence-corrected chi connectivity index (χ4v) is 2.85. The van der Waals surface area contributed by atoms with Crippen LogP contribution in [0.15, 0.2) is 24.3 Å². The molecule has 0 fully saturated rings. The number of carbonyl (C=O) groups is 2. The van der Waals surface area contributed by atoms with Crippen LogP contribution in [-0.2, 0) is 15.9 Å². The van der Waals surface area contributed by atoms with Crippen molar-refractivity contribution >= 4 is 11.9 Å². The summed E-state index contributed by atoms with van der Waals surface area (Å²) in [6.07, 6.45) is 0.748. The van der Waals surface area contributed by atoms with Gasteiger partial charge in [0, 0.05) is 19.3 Å². The molecule has 6 nitrogen and oxygen atoms in total. The standard InChI is InChI=1S/C20H26N2O4/c1-13-6-5-7-16(12-13)8-9-21-19(23)18-14(2)17(15(3)22-18)20(24)26-11-10-25-4/h5-7,12,22H,8-11H2,1-4H3,(H,21,23). The summed E-state index contributed by atoms with van der Waals surface area (Å²) >= 11 is 0. The van der Waals surface area contributed by atoms with Crippen LogP contribution in [0, 0.1) is 20.8 Å². The molecule has 0 bridgehead atoms. The molecular formula is C20H26N2O4. The highest BCUT2D eigenvalue weighted by Crippen LogP contribution is 2.19. The summed E-state index contributed by atoms with van der Waals surface area (Å²) in [6.45, 7) is 6.57. The fraction of sp³-hybridized carbons (Fsp3) is 0.400. The van der Waals surface area contributed by atoms with Gasteiger partial charge in [-0.1, -0.05) is 29.8 Å². The van der Waals surface area contributed by atoms with Crippen LogP contribution < -0.4 is 5.32 Å². The first-order chi connectivity index (χ1) is 12.4. The quantitative estimate of drug-likeness (QED) is 0.562. The van der Waals surface area contributed by atoms with E-state index in [0.29, 0.717) is 35.7 Å². The van der Waals surface area contributed by atoms with Crippen LogP contribution in [0.3, 0.4) is 0 Å². The molecule has 0 aliphatic carbocycles. The lowest BCUT2D eigenvalue weighted by Gasteiger charge is -2.06. The number of benzene rings is 1. The smallest absolute Gasteiger partial charge is 0.340 e. The molecule has 2 rings (SSSR count). The molecule has 26 heavy (non-hydrogen) atoms. The highest BCUT2D eigenvalue weighted by Gasteiger charge is 2.22. The number of hydrogen-bond donors (Lipinski definition) is 2. The summed E-state index contributed by atoms with van der Waals surface area (Å²) in [6, 6.07) is 8.19. The summed E-state index contributed by atoms with van der Waals surface area (Å²) in [4.78, 5) is 27.7. The summed E-state index contributed by atoms with van der Waals surface area (Å²) in [5.41, 5.74) is 4.38. The molecule has 6 heteroatoms. The van der Waals surface area contributed by atoms with Crippen LogP contribution >= 0.6 is 0 Å². The van der Waals surface area contributed by atoms with Crippen molar-refractivity contribution in [3.05, 3.63) is 57.9 Å². The molecule has 0 saturated carbocycles. The maximum absolute atomic E-state index is 12.5. The minimum atomic E-state index is -0.452. The van der Waals surface area contributed by atoms with Gasteiger partial charge in [-0.3, -0.25) is 4.79 Å². The number of hydrogen-bond acceptors (Lipinski definition) is 4.